The van der Waals surface area contributed by atoms with Crippen LogP contribution in [0.25, 0.3) is 0 Å². The number of alkyl halides is 1. The number of aldehydes is 1. The number of nitrogens with one attached hydrogen (secondary N) is 1. The number of rotatable bonds is 4. The molecule has 1 N–H and O–H groups in total. The first-order chi connectivity index (χ1) is 8.29. The monoisotopic (exact) mass is 243 g/mol. The molecule has 1 rings (SSSR count). The Labute approximate surface area is 101 Å². The lowest BCUT2D eigenvalue weighted by Crippen LogP contribution is -1.97. The molecule has 4 nitrogen and oxygen atoms in total. The molecule has 0 spiro atoms. The molecule has 0 saturated heterocycles. The van der Waals surface area contributed by atoms with E-state index in [0.29, 0.717) is 20.3 Å². The lowest BCUT2D eigenvalue weighted by molar-refractivity contribution is -0.129. The Bertz CT molecular complexity index is 306. The normalized spacial score (nSPS) is 7.53. The molecule has 0 saturated carbocycles. The summed E-state index contributed by atoms with van der Waals surface area (Å²) in [5.41, 5.74) is 1.96. The topological polar surface area (TPSA) is 55.4 Å². The summed E-state index contributed by atoms with van der Waals surface area (Å²) in [6, 6.07) is 7.68. The summed E-state index contributed by atoms with van der Waals surface area (Å²) in [7, 11) is 2.33. The highest BCUT2D eigenvalue weighted by atomic mass is 19.1. The molecule has 96 valence electrons. The number of halogens is 1. The number of anilines is 1. The van der Waals surface area contributed by atoms with Crippen LogP contribution in [0.3, 0.4) is 0 Å². The van der Waals surface area contributed by atoms with Crippen LogP contribution in [0.5, 0.6) is 0 Å². The zero-order valence-electron chi connectivity index (χ0n) is 10.3. The minimum absolute atomic E-state index is 0.320. The minimum atomic E-state index is 0.320. The van der Waals surface area contributed by atoms with Gasteiger partial charge < -0.3 is 14.8 Å². The van der Waals surface area contributed by atoms with E-state index in [-0.39, 0.29) is 0 Å². The van der Waals surface area contributed by atoms with Crippen LogP contribution in [0, 0.1) is 0 Å². The second-order valence-electron chi connectivity index (χ2n) is 2.55. The van der Waals surface area contributed by atoms with Crippen LogP contribution >= 0.6 is 0 Å². The molecule has 0 unspecified atom stereocenters. The van der Waals surface area contributed by atoms with Crippen LogP contribution in [-0.2, 0) is 20.9 Å². The molecule has 0 atom stereocenters. The third-order valence-corrected chi connectivity index (χ3v) is 1.59. The average Bonchev–Trinajstić information content (AvgIpc) is 2.40. The van der Waals surface area contributed by atoms with Crippen molar-refractivity contribution in [2.75, 3.05) is 19.5 Å². The molecule has 0 amide bonds. The summed E-state index contributed by atoms with van der Waals surface area (Å²) in [4.78, 5) is 18.7. The molecule has 0 aromatic heterocycles. The van der Waals surface area contributed by atoms with E-state index in [2.05, 4.69) is 10.1 Å². The van der Waals surface area contributed by atoms with E-state index in [1.165, 1.54) is 6.92 Å². The predicted octanol–water partition coefficient (Wildman–Crippen LogP) is 2.19. The van der Waals surface area contributed by atoms with E-state index in [4.69, 9.17) is 4.79 Å². The van der Waals surface area contributed by atoms with E-state index in [0.717, 1.165) is 17.5 Å². The van der Waals surface area contributed by atoms with Crippen molar-refractivity contribution in [2.45, 2.75) is 13.5 Å². The van der Waals surface area contributed by atoms with Crippen molar-refractivity contribution in [1.82, 2.24) is 0 Å². The fraction of sp³-hybridized carbons (Fsp3) is 0.333. The summed E-state index contributed by atoms with van der Waals surface area (Å²) in [5, 5.41) is 3.01. The van der Waals surface area contributed by atoms with Crippen molar-refractivity contribution in [1.29, 1.82) is 0 Å². The van der Waals surface area contributed by atoms with E-state index in [1.807, 2.05) is 31.3 Å². The fourth-order valence-electron chi connectivity index (χ4n) is 1.01. The van der Waals surface area contributed by atoms with Crippen LogP contribution < -0.4 is 5.32 Å². The van der Waals surface area contributed by atoms with Crippen molar-refractivity contribution >= 4 is 18.4 Å². The molecular weight excluding hydrogens is 225 g/mol. The van der Waals surface area contributed by atoms with Gasteiger partial charge in [-0.25, -0.2) is 0 Å². The molecule has 1 aromatic rings. The van der Waals surface area contributed by atoms with E-state index >= 15 is 0 Å². The van der Waals surface area contributed by atoms with Crippen molar-refractivity contribution in [2.24, 2.45) is 0 Å². The van der Waals surface area contributed by atoms with Crippen LogP contribution in [0.2, 0.25) is 0 Å². The molecule has 5 heteroatoms. The Balaban J connectivity index is 0. The van der Waals surface area contributed by atoms with Gasteiger partial charge in [0.2, 0.25) is 0 Å². The number of benzene rings is 1. The molecule has 0 aliphatic rings. The predicted molar refractivity (Wildman–Crippen MR) is 65.6 cm³/mol. The molecule has 1 aromatic carbocycles. The van der Waals surface area contributed by atoms with Gasteiger partial charge in [0.15, 0.2) is 0 Å². The summed E-state index contributed by atoms with van der Waals surface area (Å²) in [6.07, 6.45) is 0.750. The summed E-state index contributed by atoms with van der Waals surface area (Å²) < 4.78 is 14.1. The van der Waals surface area contributed by atoms with E-state index < -0.39 is 0 Å². The maximum Gasteiger partial charge on any atom is 0.293 e. The number of hydrogen-bond acceptors (Lipinski definition) is 4. The minimum Gasteiger partial charge on any atom is -0.463 e. The van der Waals surface area contributed by atoms with Gasteiger partial charge in [-0.3, -0.25) is 9.18 Å². The third kappa shape index (κ3) is 9.04. The molecule has 17 heavy (non-hydrogen) atoms. The van der Waals surface area contributed by atoms with Gasteiger partial charge in [-0.2, -0.15) is 0 Å². The zero-order chi connectivity index (χ0) is 13.5. The Hall–Kier alpha value is -1.91. The highest BCUT2D eigenvalue weighted by Gasteiger charge is 1.97. The number of ether oxygens (including phenoxy) is 1. The lowest BCUT2D eigenvalue weighted by Gasteiger charge is -2.06. The molecular formula is C12H18FNO3. The van der Waals surface area contributed by atoms with Gasteiger partial charge in [0.1, 0.15) is 12.9 Å². The maximum absolute atomic E-state index is 9.94. The highest BCUT2D eigenvalue weighted by Crippen LogP contribution is 2.14. The second-order valence-corrected chi connectivity index (χ2v) is 2.55. The summed E-state index contributed by atoms with van der Waals surface area (Å²) in [6.45, 7) is 2.22. The number of hydrogen-bond donors (Lipinski definition) is 1. The van der Waals surface area contributed by atoms with Gasteiger partial charge in [-0.05, 0) is 13.0 Å². The van der Waals surface area contributed by atoms with E-state index in [9.17, 15) is 9.18 Å². The fourth-order valence-corrected chi connectivity index (χ4v) is 1.01. The van der Waals surface area contributed by atoms with Crippen LogP contribution in [0.1, 0.15) is 12.5 Å². The Kier molecular flexibility index (Phi) is 14.5. The van der Waals surface area contributed by atoms with Crippen molar-refractivity contribution in [3.8, 4) is 0 Å². The zero-order valence-corrected chi connectivity index (χ0v) is 10.3. The Morgan fingerprint density at radius 1 is 1.29 bits per heavy atom. The van der Waals surface area contributed by atoms with E-state index in [1.54, 1.807) is 0 Å². The van der Waals surface area contributed by atoms with Gasteiger partial charge >= 0.3 is 0 Å². The number of carbonyl (C=O) groups is 2. The van der Waals surface area contributed by atoms with Crippen molar-refractivity contribution < 1.29 is 18.7 Å². The highest BCUT2D eigenvalue weighted by molar-refractivity contribution is 5.50. The van der Waals surface area contributed by atoms with Crippen molar-refractivity contribution in [3.05, 3.63) is 29.8 Å². The first-order valence-electron chi connectivity index (χ1n) is 4.88. The smallest absolute Gasteiger partial charge is 0.293 e. The largest absolute Gasteiger partial charge is 0.463 e. The van der Waals surface area contributed by atoms with Gasteiger partial charge in [0.05, 0.1) is 7.18 Å². The first-order valence-corrected chi connectivity index (χ1v) is 4.88. The first kappa shape index (κ1) is 17.5. The SMILES string of the molecule is CC=O.CF.CNc1ccccc1COC=O. The second kappa shape index (κ2) is 14.1. The van der Waals surface area contributed by atoms with Crippen LogP contribution in [0.15, 0.2) is 24.3 Å². The molecule has 0 aliphatic carbocycles. The van der Waals surface area contributed by atoms with Gasteiger partial charge in [-0.1, -0.05) is 18.2 Å². The molecule has 0 bridgehead atoms. The molecule has 0 heterocycles. The van der Waals surface area contributed by atoms with Crippen LogP contribution in [0.4, 0.5) is 10.1 Å². The maximum atomic E-state index is 9.94. The molecule has 0 radical (unpaired) electrons. The number of para-hydroxylation sites is 1. The third-order valence-electron chi connectivity index (χ3n) is 1.59. The van der Waals surface area contributed by atoms with Crippen molar-refractivity contribution in [3.63, 3.8) is 0 Å². The Morgan fingerprint density at radius 2 is 1.82 bits per heavy atom. The Morgan fingerprint density at radius 3 is 2.29 bits per heavy atom. The van der Waals surface area contributed by atoms with Gasteiger partial charge in [0, 0.05) is 18.3 Å². The number of carbonyl (C=O) groups excluding carboxylic acids is 2. The van der Waals surface area contributed by atoms with Gasteiger partial charge in [-0.15, -0.1) is 0 Å². The summed E-state index contributed by atoms with van der Waals surface area (Å²) >= 11 is 0. The molecule has 0 aliphatic heterocycles. The standard InChI is InChI=1S/C9H11NO2.C2H4O.CH3F/c1-10-9-5-3-2-4-8(9)6-12-7-11;1-2-3;1-2/h2-5,7,10H,6H2,1H3;2H,1H3;1H3. The van der Waals surface area contributed by atoms with Gasteiger partial charge in [0.25, 0.3) is 6.47 Å². The molecule has 0 fully saturated rings. The summed E-state index contributed by atoms with van der Waals surface area (Å²) in [5.74, 6) is 0. The average molecular weight is 243 g/mol. The van der Waals surface area contributed by atoms with Crippen LogP contribution in [-0.4, -0.2) is 27.0 Å². The quantitative estimate of drug-likeness (QED) is 0.824. The lowest BCUT2D eigenvalue weighted by atomic mass is 10.2.